The van der Waals surface area contributed by atoms with E-state index in [9.17, 15) is 8.78 Å². The van der Waals surface area contributed by atoms with Gasteiger partial charge in [0.1, 0.15) is 34.6 Å². The van der Waals surface area contributed by atoms with E-state index in [1.165, 1.54) is 25.2 Å². The largest absolute Gasteiger partial charge is 0.497 e. The number of methoxy groups -OCH3 is 1. The molecule has 0 saturated carbocycles. The molecule has 1 aromatic carbocycles. The van der Waals surface area contributed by atoms with E-state index in [2.05, 4.69) is 15.3 Å². The second-order valence-electron chi connectivity index (χ2n) is 6.10. The maximum absolute atomic E-state index is 14.1. The lowest BCUT2D eigenvalue weighted by molar-refractivity contribution is 0.405. The van der Waals surface area contributed by atoms with Gasteiger partial charge in [-0.1, -0.05) is 11.8 Å². The van der Waals surface area contributed by atoms with Gasteiger partial charge < -0.3 is 15.8 Å². The molecule has 142 valence electrons. The zero-order valence-corrected chi connectivity index (χ0v) is 15.9. The first-order valence-corrected chi connectivity index (χ1v) is 8.99. The van der Waals surface area contributed by atoms with Crippen molar-refractivity contribution in [1.29, 1.82) is 5.41 Å². The molecular formula is C18H19F2N5OS. The molecule has 3 rings (SSSR count). The molecule has 6 nitrogen and oxygen atoms in total. The molecule has 0 saturated heterocycles. The summed E-state index contributed by atoms with van der Waals surface area (Å²) in [6, 6.07) is 2.03. The summed E-state index contributed by atoms with van der Waals surface area (Å²) in [4.78, 5) is 9.09. The minimum Gasteiger partial charge on any atom is -0.497 e. The predicted octanol–water partition coefficient (Wildman–Crippen LogP) is 3.58. The van der Waals surface area contributed by atoms with Crippen molar-refractivity contribution in [3.05, 3.63) is 46.9 Å². The zero-order valence-electron chi connectivity index (χ0n) is 15.1. The normalized spacial score (nSPS) is 16.1. The second-order valence-corrected chi connectivity index (χ2v) is 7.12. The number of thioether (sulfide) groups is 1. The average Bonchev–Trinajstić information content (AvgIpc) is 2.96. The number of halogens is 2. The number of ether oxygens (including phenoxy) is 1. The maximum Gasteiger partial charge on any atom is 0.144 e. The van der Waals surface area contributed by atoms with Crippen LogP contribution in [0.3, 0.4) is 0 Å². The van der Waals surface area contributed by atoms with E-state index < -0.39 is 11.6 Å². The molecule has 0 radical (unpaired) electrons. The number of anilines is 1. The Bertz CT molecular complexity index is 922. The molecule has 1 aliphatic rings. The lowest BCUT2D eigenvalue weighted by Crippen LogP contribution is -2.18. The van der Waals surface area contributed by atoms with Crippen molar-refractivity contribution in [2.45, 2.75) is 31.3 Å². The zero-order chi connectivity index (χ0) is 19.7. The van der Waals surface area contributed by atoms with Crippen LogP contribution in [0.2, 0.25) is 0 Å². The third kappa shape index (κ3) is 3.65. The Hall–Kier alpha value is -2.52. The molecule has 0 bridgehead atoms. The highest BCUT2D eigenvalue weighted by atomic mass is 32.2. The van der Waals surface area contributed by atoms with Crippen molar-refractivity contribution in [3.8, 4) is 5.75 Å². The third-order valence-electron chi connectivity index (χ3n) is 4.33. The van der Waals surface area contributed by atoms with Crippen molar-refractivity contribution >= 4 is 28.2 Å². The van der Waals surface area contributed by atoms with E-state index in [1.807, 2.05) is 13.8 Å². The van der Waals surface area contributed by atoms with Gasteiger partial charge in [-0.25, -0.2) is 18.7 Å². The van der Waals surface area contributed by atoms with Crippen molar-refractivity contribution in [2.24, 2.45) is 5.73 Å². The van der Waals surface area contributed by atoms with Gasteiger partial charge in [0.15, 0.2) is 0 Å². The summed E-state index contributed by atoms with van der Waals surface area (Å²) >= 11 is 1.20. The van der Waals surface area contributed by atoms with Crippen LogP contribution >= 0.6 is 11.8 Å². The molecule has 0 fully saturated rings. The lowest BCUT2D eigenvalue weighted by atomic mass is 10.0. The molecule has 0 amide bonds. The molecular weight excluding hydrogens is 372 g/mol. The van der Waals surface area contributed by atoms with Crippen LogP contribution in [0.4, 0.5) is 14.6 Å². The van der Waals surface area contributed by atoms with Gasteiger partial charge in [-0.3, -0.25) is 5.41 Å². The number of nitrogens with zero attached hydrogens (tertiary/aromatic N) is 2. The Morgan fingerprint density at radius 3 is 2.59 bits per heavy atom. The van der Waals surface area contributed by atoms with E-state index in [1.54, 1.807) is 0 Å². The van der Waals surface area contributed by atoms with Crippen LogP contribution in [0.15, 0.2) is 28.9 Å². The molecule has 9 heteroatoms. The van der Waals surface area contributed by atoms with Crippen LogP contribution in [0.5, 0.6) is 5.75 Å². The highest BCUT2D eigenvalue weighted by Crippen LogP contribution is 2.44. The highest BCUT2D eigenvalue weighted by molar-refractivity contribution is 8.15. The summed E-state index contributed by atoms with van der Waals surface area (Å²) in [6.07, 6.45) is 1.36. The first-order valence-electron chi connectivity index (χ1n) is 8.17. The Morgan fingerprint density at radius 1 is 1.33 bits per heavy atom. The van der Waals surface area contributed by atoms with Gasteiger partial charge in [0.2, 0.25) is 0 Å². The van der Waals surface area contributed by atoms with Crippen LogP contribution in [-0.4, -0.2) is 28.2 Å². The van der Waals surface area contributed by atoms with E-state index in [0.717, 1.165) is 17.7 Å². The fraction of sp³-hybridized carbons (Fsp3) is 0.278. The summed E-state index contributed by atoms with van der Waals surface area (Å²) in [5.41, 5.74) is 7.96. The van der Waals surface area contributed by atoms with Crippen molar-refractivity contribution in [3.63, 3.8) is 0 Å². The molecule has 2 aromatic rings. The molecule has 4 N–H and O–H groups in total. The number of rotatable bonds is 5. The van der Waals surface area contributed by atoms with Gasteiger partial charge >= 0.3 is 0 Å². The van der Waals surface area contributed by atoms with Gasteiger partial charge in [0, 0.05) is 35.9 Å². The smallest absolute Gasteiger partial charge is 0.144 e. The standard InChI is InChI=1S/C18H19F2N5OS/c1-8(9(2)21)14-15-16(27-17(14)22)18(25-7-24-15)23-6-11-12(19)4-10(26-3)5-13(11)20/h4-5,7,9,22H,6,21H2,1-3H3,(H,23,24,25)/b14-8-,22-17?. The Labute approximate surface area is 159 Å². The highest BCUT2D eigenvalue weighted by Gasteiger charge is 2.30. The van der Waals surface area contributed by atoms with Crippen LogP contribution in [-0.2, 0) is 6.54 Å². The molecule has 1 atom stereocenters. The first-order chi connectivity index (χ1) is 12.8. The van der Waals surface area contributed by atoms with Crippen LogP contribution in [0.25, 0.3) is 5.57 Å². The molecule has 1 aromatic heterocycles. The van der Waals surface area contributed by atoms with Crippen molar-refractivity contribution in [2.75, 3.05) is 12.4 Å². The van der Waals surface area contributed by atoms with Crippen LogP contribution in [0.1, 0.15) is 25.1 Å². The van der Waals surface area contributed by atoms with Gasteiger partial charge in [-0.05, 0) is 19.4 Å². The average molecular weight is 391 g/mol. The van der Waals surface area contributed by atoms with E-state index >= 15 is 0 Å². The fourth-order valence-corrected chi connectivity index (χ4v) is 3.70. The summed E-state index contributed by atoms with van der Waals surface area (Å²) in [7, 11) is 1.35. The number of hydrogen-bond acceptors (Lipinski definition) is 7. The van der Waals surface area contributed by atoms with Crippen LogP contribution < -0.4 is 15.8 Å². The second kappa shape index (κ2) is 7.61. The van der Waals surface area contributed by atoms with E-state index in [4.69, 9.17) is 15.9 Å². The molecule has 0 aliphatic carbocycles. The monoisotopic (exact) mass is 391 g/mol. The third-order valence-corrected chi connectivity index (χ3v) is 5.33. The lowest BCUT2D eigenvalue weighted by Gasteiger charge is -2.12. The summed E-state index contributed by atoms with van der Waals surface area (Å²) in [5, 5.41) is 11.5. The van der Waals surface area contributed by atoms with Gasteiger partial charge in [0.05, 0.1) is 17.7 Å². The molecule has 0 spiro atoms. The molecule has 1 unspecified atom stereocenters. The van der Waals surface area contributed by atoms with Gasteiger partial charge in [-0.2, -0.15) is 0 Å². The first kappa shape index (κ1) is 19.2. The van der Waals surface area contributed by atoms with Crippen LogP contribution in [0, 0.1) is 17.0 Å². The number of hydrogen-bond donors (Lipinski definition) is 3. The molecule has 2 heterocycles. The summed E-state index contributed by atoms with van der Waals surface area (Å²) in [6.45, 7) is 3.60. The number of nitrogens with two attached hydrogens (primary N) is 1. The van der Waals surface area contributed by atoms with E-state index in [-0.39, 0.29) is 23.9 Å². The SMILES string of the molecule is COc1cc(F)c(CNc2ncnc3c2SC(=N)/C3=C(/C)C(C)N)c(F)c1. The fourth-order valence-electron chi connectivity index (χ4n) is 2.67. The number of fused-ring (bicyclic) bond motifs is 1. The van der Waals surface area contributed by atoms with Gasteiger partial charge in [0.25, 0.3) is 0 Å². The Kier molecular flexibility index (Phi) is 5.43. The Morgan fingerprint density at radius 2 is 2.00 bits per heavy atom. The van der Waals surface area contributed by atoms with Crippen molar-refractivity contribution < 1.29 is 13.5 Å². The quantitative estimate of drug-likeness (QED) is 0.721. The minimum atomic E-state index is -0.709. The van der Waals surface area contributed by atoms with E-state index in [0.29, 0.717) is 27.0 Å². The molecule has 27 heavy (non-hydrogen) atoms. The van der Waals surface area contributed by atoms with Crippen molar-refractivity contribution in [1.82, 2.24) is 9.97 Å². The number of aromatic nitrogens is 2. The molecule has 1 aliphatic heterocycles. The number of nitrogens with one attached hydrogen (secondary N) is 2. The number of benzene rings is 1. The predicted molar refractivity (Wildman–Crippen MR) is 102 cm³/mol. The van der Waals surface area contributed by atoms with Gasteiger partial charge in [-0.15, -0.1) is 0 Å². The maximum atomic E-state index is 14.1. The summed E-state index contributed by atoms with van der Waals surface area (Å²) in [5.74, 6) is -0.892. The topological polar surface area (TPSA) is 96.9 Å². The summed E-state index contributed by atoms with van der Waals surface area (Å²) < 4.78 is 33.1. The minimum absolute atomic E-state index is 0.107. The Balaban J connectivity index is 1.92.